The van der Waals surface area contributed by atoms with E-state index in [4.69, 9.17) is 0 Å². The molecule has 0 aliphatic rings. The summed E-state index contributed by atoms with van der Waals surface area (Å²) >= 11 is 0. The second-order valence-electron chi connectivity index (χ2n) is 4.00. The molecule has 0 radical (unpaired) electrons. The fraction of sp³-hybridized carbons (Fsp3) is 0.308. The molecule has 0 aromatic carbocycles. The van der Waals surface area contributed by atoms with Gasteiger partial charge in [0.2, 0.25) is 5.95 Å². The van der Waals surface area contributed by atoms with Gasteiger partial charge in [0.1, 0.15) is 5.69 Å². The zero-order chi connectivity index (χ0) is 13.0. The van der Waals surface area contributed by atoms with E-state index in [2.05, 4.69) is 20.3 Å². The Balaban J connectivity index is 2.37. The topological polar surface area (TPSA) is 50.7 Å². The van der Waals surface area contributed by atoms with E-state index in [1.54, 1.807) is 18.3 Å². The number of aromatic nitrogens is 3. The van der Waals surface area contributed by atoms with E-state index < -0.39 is 5.82 Å². The SMILES string of the molecule is CCCNc1ncc(F)c(-c2ccnc(C)c2)n1. The molecule has 0 aliphatic heterocycles. The van der Waals surface area contributed by atoms with Gasteiger partial charge >= 0.3 is 0 Å². The number of aryl methyl sites for hydroxylation is 1. The van der Waals surface area contributed by atoms with Crippen LogP contribution in [0.25, 0.3) is 11.3 Å². The highest BCUT2D eigenvalue weighted by Gasteiger charge is 2.09. The molecule has 2 heterocycles. The lowest BCUT2D eigenvalue weighted by Gasteiger charge is -2.07. The standard InChI is InChI=1S/C13H15FN4/c1-3-5-16-13-17-8-11(14)12(18-13)10-4-6-15-9(2)7-10/h4,6-8H,3,5H2,1-2H3,(H,16,17,18). The summed E-state index contributed by atoms with van der Waals surface area (Å²) in [4.78, 5) is 12.2. The first kappa shape index (κ1) is 12.4. The van der Waals surface area contributed by atoms with Gasteiger partial charge in [-0.05, 0) is 25.5 Å². The lowest BCUT2D eigenvalue weighted by Crippen LogP contribution is -2.05. The molecule has 0 unspecified atom stereocenters. The summed E-state index contributed by atoms with van der Waals surface area (Å²) in [5, 5.41) is 3.04. The fourth-order valence-electron chi connectivity index (χ4n) is 1.58. The maximum Gasteiger partial charge on any atom is 0.223 e. The molecular weight excluding hydrogens is 231 g/mol. The number of hydrogen-bond acceptors (Lipinski definition) is 4. The molecule has 0 amide bonds. The largest absolute Gasteiger partial charge is 0.354 e. The molecule has 0 atom stereocenters. The van der Waals surface area contributed by atoms with Crippen LogP contribution >= 0.6 is 0 Å². The van der Waals surface area contributed by atoms with Crippen LogP contribution in [0.15, 0.2) is 24.5 Å². The van der Waals surface area contributed by atoms with Gasteiger partial charge in [-0.1, -0.05) is 6.92 Å². The maximum absolute atomic E-state index is 13.7. The number of nitrogens with one attached hydrogen (secondary N) is 1. The molecule has 0 spiro atoms. The predicted molar refractivity (Wildman–Crippen MR) is 68.7 cm³/mol. The molecule has 0 fully saturated rings. The van der Waals surface area contributed by atoms with Gasteiger partial charge in [-0.15, -0.1) is 0 Å². The Kier molecular flexibility index (Phi) is 3.82. The van der Waals surface area contributed by atoms with E-state index in [1.807, 2.05) is 13.8 Å². The minimum absolute atomic E-state index is 0.300. The lowest BCUT2D eigenvalue weighted by molar-refractivity contribution is 0.618. The van der Waals surface area contributed by atoms with Crippen molar-refractivity contribution in [2.75, 3.05) is 11.9 Å². The van der Waals surface area contributed by atoms with Crippen LogP contribution in [0.4, 0.5) is 10.3 Å². The second-order valence-corrected chi connectivity index (χ2v) is 4.00. The summed E-state index contributed by atoms with van der Waals surface area (Å²) in [6.45, 7) is 4.67. The molecule has 1 N–H and O–H groups in total. The van der Waals surface area contributed by atoms with Crippen LogP contribution in [0, 0.1) is 12.7 Å². The zero-order valence-electron chi connectivity index (χ0n) is 10.4. The first-order valence-corrected chi connectivity index (χ1v) is 5.90. The molecule has 94 valence electrons. The van der Waals surface area contributed by atoms with Crippen LogP contribution in [0.5, 0.6) is 0 Å². The third kappa shape index (κ3) is 2.80. The van der Waals surface area contributed by atoms with E-state index in [-0.39, 0.29) is 0 Å². The smallest absolute Gasteiger partial charge is 0.223 e. The highest BCUT2D eigenvalue weighted by atomic mass is 19.1. The Morgan fingerprint density at radius 2 is 2.17 bits per heavy atom. The molecule has 2 aromatic rings. The minimum Gasteiger partial charge on any atom is -0.354 e. The van der Waals surface area contributed by atoms with E-state index in [0.29, 0.717) is 17.2 Å². The Bertz CT molecular complexity index is 542. The summed E-state index contributed by atoms with van der Waals surface area (Å²) in [5.41, 5.74) is 1.84. The normalized spacial score (nSPS) is 10.4. The summed E-state index contributed by atoms with van der Waals surface area (Å²) < 4.78 is 13.7. The summed E-state index contributed by atoms with van der Waals surface area (Å²) in [5.74, 6) is 0.0189. The number of nitrogens with zero attached hydrogens (tertiary/aromatic N) is 3. The van der Waals surface area contributed by atoms with Crippen LogP contribution in [-0.2, 0) is 0 Å². The van der Waals surface area contributed by atoms with Crippen molar-refractivity contribution in [3.63, 3.8) is 0 Å². The summed E-state index contributed by atoms with van der Waals surface area (Å²) in [6, 6.07) is 3.54. The Morgan fingerprint density at radius 1 is 1.33 bits per heavy atom. The van der Waals surface area contributed by atoms with Crippen LogP contribution in [0.2, 0.25) is 0 Å². The van der Waals surface area contributed by atoms with Gasteiger partial charge in [-0.2, -0.15) is 0 Å². The van der Waals surface area contributed by atoms with Crippen LogP contribution in [0.3, 0.4) is 0 Å². The van der Waals surface area contributed by atoms with E-state index in [0.717, 1.165) is 18.7 Å². The van der Waals surface area contributed by atoms with Crippen molar-refractivity contribution in [2.45, 2.75) is 20.3 Å². The van der Waals surface area contributed by atoms with Crippen LogP contribution < -0.4 is 5.32 Å². The minimum atomic E-state index is -0.428. The van der Waals surface area contributed by atoms with Gasteiger partial charge in [-0.3, -0.25) is 4.98 Å². The van der Waals surface area contributed by atoms with Crippen molar-refractivity contribution in [3.05, 3.63) is 36.0 Å². The average molecular weight is 246 g/mol. The molecule has 18 heavy (non-hydrogen) atoms. The van der Waals surface area contributed by atoms with E-state index >= 15 is 0 Å². The molecule has 2 rings (SSSR count). The van der Waals surface area contributed by atoms with Crippen LogP contribution in [-0.4, -0.2) is 21.5 Å². The Morgan fingerprint density at radius 3 is 2.89 bits per heavy atom. The second kappa shape index (κ2) is 5.53. The molecule has 4 nitrogen and oxygen atoms in total. The summed E-state index contributed by atoms with van der Waals surface area (Å²) in [7, 11) is 0. The first-order valence-electron chi connectivity index (χ1n) is 5.90. The fourth-order valence-corrected chi connectivity index (χ4v) is 1.58. The highest BCUT2D eigenvalue weighted by molar-refractivity contribution is 5.60. The Labute approximate surface area is 105 Å². The third-order valence-corrected chi connectivity index (χ3v) is 2.45. The Hall–Kier alpha value is -2.04. The van der Waals surface area contributed by atoms with Gasteiger partial charge in [0, 0.05) is 24.0 Å². The predicted octanol–water partition coefficient (Wildman–Crippen LogP) is 2.81. The number of rotatable bonds is 4. The van der Waals surface area contributed by atoms with Crippen molar-refractivity contribution in [1.82, 2.24) is 15.0 Å². The van der Waals surface area contributed by atoms with Gasteiger partial charge in [0.25, 0.3) is 0 Å². The van der Waals surface area contributed by atoms with Gasteiger partial charge in [-0.25, -0.2) is 14.4 Å². The number of anilines is 1. The molecular formula is C13H15FN4. The zero-order valence-corrected chi connectivity index (χ0v) is 10.4. The first-order chi connectivity index (χ1) is 8.70. The van der Waals surface area contributed by atoms with Gasteiger partial charge in [0.05, 0.1) is 6.20 Å². The summed E-state index contributed by atoms with van der Waals surface area (Å²) in [6.07, 6.45) is 3.80. The monoisotopic (exact) mass is 246 g/mol. The van der Waals surface area contributed by atoms with Crippen LogP contribution in [0.1, 0.15) is 19.0 Å². The van der Waals surface area contributed by atoms with E-state index in [9.17, 15) is 4.39 Å². The quantitative estimate of drug-likeness (QED) is 0.901. The van der Waals surface area contributed by atoms with Gasteiger partial charge in [0.15, 0.2) is 5.82 Å². The molecule has 0 saturated heterocycles. The number of pyridine rings is 1. The third-order valence-electron chi connectivity index (χ3n) is 2.45. The maximum atomic E-state index is 13.7. The molecule has 5 heteroatoms. The van der Waals surface area contributed by atoms with Crippen molar-refractivity contribution in [1.29, 1.82) is 0 Å². The lowest BCUT2D eigenvalue weighted by atomic mass is 10.1. The molecule has 0 aliphatic carbocycles. The highest BCUT2D eigenvalue weighted by Crippen LogP contribution is 2.21. The molecule has 0 bridgehead atoms. The number of halogens is 1. The van der Waals surface area contributed by atoms with Crippen molar-refractivity contribution in [3.8, 4) is 11.3 Å². The molecule has 2 aromatic heterocycles. The van der Waals surface area contributed by atoms with E-state index in [1.165, 1.54) is 6.20 Å². The molecule has 0 saturated carbocycles. The van der Waals surface area contributed by atoms with Gasteiger partial charge < -0.3 is 5.32 Å². The van der Waals surface area contributed by atoms with Crippen molar-refractivity contribution < 1.29 is 4.39 Å². The van der Waals surface area contributed by atoms with Crippen molar-refractivity contribution in [2.24, 2.45) is 0 Å². The average Bonchev–Trinajstić information content (AvgIpc) is 2.38. The number of hydrogen-bond donors (Lipinski definition) is 1. The van der Waals surface area contributed by atoms with Crippen molar-refractivity contribution >= 4 is 5.95 Å².